The van der Waals surface area contributed by atoms with Crippen molar-refractivity contribution in [2.75, 3.05) is 6.54 Å². The molecule has 1 heteroatoms. The van der Waals surface area contributed by atoms with Gasteiger partial charge in [-0.3, -0.25) is 0 Å². The summed E-state index contributed by atoms with van der Waals surface area (Å²) >= 11 is 0. The first-order valence-corrected chi connectivity index (χ1v) is 8.04. The smallest absolute Gasteiger partial charge is 0.00675 e. The van der Waals surface area contributed by atoms with Gasteiger partial charge in [-0.25, -0.2) is 0 Å². The van der Waals surface area contributed by atoms with Crippen LogP contribution in [0, 0.1) is 16.7 Å². The molecule has 0 aromatic heterocycles. The summed E-state index contributed by atoms with van der Waals surface area (Å²) in [5.41, 5.74) is 1.01. The predicted molar refractivity (Wildman–Crippen MR) is 81.9 cm³/mol. The van der Waals surface area contributed by atoms with E-state index < -0.39 is 0 Å². The van der Waals surface area contributed by atoms with Crippen LogP contribution in [0.3, 0.4) is 0 Å². The van der Waals surface area contributed by atoms with Gasteiger partial charge in [0.15, 0.2) is 0 Å². The van der Waals surface area contributed by atoms with Crippen molar-refractivity contribution in [2.45, 2.75) is 86.1 Å². The molecular formula is C17H35N. The monoisotopic (exact) mass is 253 g/mol. The van der Waals surface area contributed by atoms with Crippen LogP contribution < -0.4 is 5.32 Å². The van der Waals surface area contributed by atoms with Gasteiger partial charge in [0.2, 0.25) is 0 Å². The lowest BCUT2D eigenvalue weighted by atomic mass is 9.69. The molecule has 108 valence electrons. The standard InChI is InChI=1S/C17H35N/c1-7-16(3,4)13-18-15-11-9-14(10-12-15)17(5,6)8-2/h14-15,18H,7-13H2,1-6H3. The first-order chi connectivity index (χ1) is 8.30. The summed E-state index contributed by atoms with van der Waals surface area (Å²) in [4.78, 5) is 0. The van der Waals surface area contributed by atoms with Gasteiger partial charge in [0.1, 0.15) is 0 Å². The van der Waals surface area contributed by atoms with Gasteiger partial charge in [-0.05, 0) is 48.9 Å². The average molecular weight is 253 g/mol. The third-order valence-corrected chi connectivity index (χ3v) is 5.57. The molecule has 0 saturated heterocycles. The van der Waals surface area contributed by atoms with Crippen molar-refractivity contribution in [3.8, 4) is 0 Å². The molecule has 1 aliphatic carbocycles. The Hall–Kier alpha value is -0.0400. The predicted octanol–water partition coefficient (Wildman–Crippen LogP) is 5.01. The number of hydrogen-bond acceptors (Lipinski definition) is 1. The second-order valence-corrected chi connectivity index (χ2v) is 7.79. The van der Waals surface area contributed by atoms with Crippen LogP contribution in [0.15, 0.2) is 0 Å². The summed E-state index contributed by atoms with van der Waals surface area (Å²) in [7, 11) is 0. The van der Waals surface area contributed by atoms with Crippen molar-refractivity contribution >= 4 is 0 Å². The second kappa shape index (κ2) is 6.41. The zero-order valence-electron chi connectivity index (χ0n) is 13.6. The number of nitrogens with one attached hydrogen (secondary N) is 1. The molecule has 1 fully saturated rings. The van der Waals surface area contributed by atoms with Gasteiger partial charge in [-0.2, -0.15) is 0 Å². The maximum absolute atomic E-state index is 3.80. The van der Waals surface area contributed by atoms with Crippen LogP contribution in [-0.2, 0) is 0 Å². The fourth-order valence-corrected chi connectivity index (χ4v) is 2.91. The van der Waals surface area contributed by atoms with E-state index in [9.17, 15) is 0 Å². The molecule has 0 aromatic rings. The van der Waals surface area contributed by atoms with E-state index in [4.69, 9.17) is 0 Å². The fourth-order valence-electron chi connectivity index (χ4n) is 2.91. The van der Waals surface area contributed by atoms with Gasteiger partial charge in [0.05, 0.1) is 0 Å². The highest BCUT2D eigenvalue weighted by molar-refractivity contribution is 4.85. The van der Waals surface area contributed by atoms with Crippen LogP contribution in [0.1, 0.15) is 80.1 Å². The van der Waals surface area contributed by atoms with Gasteiger partial charge in [-0.1, -0.05) is 48.0 Å². The fraction of sp³-hybridized carbons (Fsp3) is 1.00. The molecule has 0 amide bonds. The van der Waals surface area contributed by atoms with Gasteiger partial charge in [0, 0.05) is 12.6 Å². The molecule has 0 bridgehead atoms. The SMILES string of the molecule is CCC(C)(C)CNC1CCC(C(C)(C)CC)CC1. The number of hydrogen-bond donors (Lipinski definition) is 1. The van der Waals surface area contributed by atoms with Crippen molar-refractivity contribution in [2.24, 2.45) is 16.7 Å². The van der Waals surface area contributed by atoms with Gasteiger partial charge < -0.3 is 5.32 Å². The van der Waals surface area contributed by atoms with E-state index in [0.29, 0.717) is 10.8 Å². The van der Waals surface area contributed by atoms with E-state index in [1.54, 1.807) is 0 Å². The topological polar surface area (TPSA) is 12.0 Å². The summed E-state index contributed by atoms with van der Waals surface area (Å²) in [6, 6.07) is 0.778. The average Bonchev–Trinajstić information content (AvgIpc) is 2.37. The molecule has 1 aliphatic rings. The van der Waals surface area contributed by atoms with E-state index in [2.05, 4.69) is 46.9 Å². The molecule has 18 heavy (non-hydrogen) atoms. The number of rotatable bonds is 6. The van der Waals surface area contributed by atoms with E-state index >= 15 is 0 Å². The first kappa shape index (κ1) is 16.0. The lowest BCUT2D eigenvalue weighted by Crippen LogP contribution is -2.40. The minimum atomic E-state index is 0.458. The van der Waals surface area contributed by atoms with Crippen molar-refractivity contribution in [1.29, 1.82) is 0 Å². The Labute approximate surface area is 115 Å². The molecule has 1 N–H and O–H groups in total. The van der Waals surface area contributed by atoms with Crippen LogP contribution >= 0.6 is 0 Å². The van der Waals surface area contributed by atoms with Gasteiger partial charge >= 0.3 is 0 Å². The third kappa shape index (κ3) is 4.57. The molecule has 0 aliphatic heterocycles. The van der Waals surface area contributed by atoms with Crippen molar-refractivity contribution in [3.05, 3.63) is 0 Å². The molecule has 0 radical (unpaired) electrons. The Kier molecular flexibility index (Phi) is 5.70. The van der Waals surface area contributed by atoms with Gasteiger partial charge in [0.25, 0.3) is 0 Å². The lowest BCUT2D eigenvalue weighted by Gasteiger charge is -2.39. The van der Waals surface area contributed by atoms with Crippen molar-refractivity contribution in [3.63, 3.8) is 0 Å². The molecule has 1 nitrogen and oxygen atoms in total. The highest BCUT2D eigenvalue weighted by Gasteiger charge is 2.31. The molecule has 1 saturated carbocycles. The second-order valence-electron chi connectivity index (χ2n) is 7.79. The van der Waals surface area contributed by atoms with E-state index in [1.807, 2.05) is 0 Å². The quantitative estimate of drug-likeness (QED) is 0.702. The minimum Gasteiger partial charge on any atom is -0.313 e. The first-order valence-electron chi connectivity index (χ1n) is 8.04. The summed E-state index contributed by atoms with van der Waals surface area (Å²) in [5.74, 6) is 0.944. The Bertz CT molecular complexity index is 234. The van der Waals surface area contributed by atoms with E-state index in [0.717, 1.165) is 12.0 Å². The Morgan fingerprint density at radius 2 is 1.44 bits per heavy atom. The third-order valence-electron chi connectivity index (χ3n) is 5.57. The molecule has 1 rings (SSSR count). The van der Waals surface area contributed by atoms with E-state index in [-0.39, 0.29) is 0 Å². The zero-order valence-corrected chi connectivity index (χ0v) is 13.6. The van der Waals surface area contributed by atoms with Crippen molar-refractivity contribution in [1.82, 2.24) is 5.32 Å². The highest BCUT2D eigenvalue weighted by Crippen LogP contribution is 2.40. The molecule has 0 heterocycles. The van der Waals surface area contributed by atoms with Crippen LogP contribution in [0.4, 0.5) is 0 Å². The van der Waals surface area contributed by atoms with Crippen LogP contribution in [0.2, 0.25) is 0 Å². The van der Waals surface area contributed by atoms with Crippen molar-refractivity contribution < 1.29 is 0 Å². The minimum absolute atomic E-state index is 0.458. The molecular weight excluding hydrogens is 218 g/mol. The maximum atomic E-state index is 3.80. The summed E-state index contributed by atoms with van der Waals surface area (Å²) in [5, 5.41) is 3.80. The van der Waals surface area contributed by atoms with Crippen LogP contribution in [0.5, 0.6) is 0 Å². The molecule has 0 unspecified atom stereocenters. The molecule has 0 aromatic carbocycles. The Balaban J connectivity index is 2.32. The van der Waals surface area contributed by atoms with E-state index in [1.165, 1.54) is 45.1 Å². The zero-order chi connectivity index (χ0) is 13.8. The maximum Gasteiger partial charge on any atom is 0.00675 e. The Morgan fingerprint density at radius 1 is 0.889 bits per heavy atom. The molecule has 0 spiro atoms. The summed E-state index contributed by atoms with van der Waals surface area (Å²) in [6.45, 7) is 15.4. The van der Waals surface area contributed by atoms with Gasteiger partial charge in [-0.15, -0.1) is 0 Å². The Morgan fingerprint density at radius 3 is 1.89 bits per heavy atom. The van der Waals surface area contributed by atoms with Crippen LogP contribution in [-0.4, -0.2) is 12.6 Å². The highest BCUT2D eigenvalue weighted by atomic mass is 14.9. The normalized spacial score (nSPS) is 26.3. The summed E-state index contributed by atoms with van der Waals surface area (Å²) in [6.07, 6.45) is 8.19. The lowest BCUT2D eigenvalue weighted by molar-refractivity contribution is 0.133. The largest absolute Gasteiger partial charge is 0.313 e. The molecule has 0 atom stereocenters. The van der Waals surface area contributed by atoms with Crippen LogP contribution in [0.25, 0.3) is 0 Å². The summed E-state index contributed by atoms with van der Waals surface area (Å²) < 4.78 is 0.